The highest BCUT2D eigenvalue weighted by Crippen LogP contribution is 2.16. The van der Waals surface area contributed by atoms with Gasteiger partial charge in [-0.2, -0.15) is 0 Å². The Bertz CT molecular complexity index is 962. The summed E-state index contributed by atoms with van der Waals surface area (Å²) in [5.41, 5.74) is 2.14. The fourth-order valence-electron chi connectivity index (χ4n) is 2.39. The molecule has 140 valence electrons. The van der Waals surface area contributed by atoms with Crippen LogP contribution in [0.25, 0.3) is 5.69 Å². The van der Waals surface area contributed by atoms with Gasteiger partial charge in [0.15, 0.2) is 0 Å². The first-order chi connectivity index (χ1) is 13.1. The SMILES string of the molecule is COc1ccc(-[n+]2[nH]oc(=O)c2SCCC(=O)Nc2ccc(C)cc2)cc1. The lowest BCUT2D eigenvalue weighted by Crippen LogP contribution is -2.36. The van der Waals surface area contributed by atoms with E-state index >= 15 is 0 Å². The fourth-order valence-corrected chi connectivity index (χ4v) is 3.30. The molecular formula is C19H20N3O4S+. The fraction of sp³-hybridized carbons (Fsp3) is 0.211. The van der Waals surface area contributed by atoms with Crippen LogP contribution in [0.2, 0.25) is 0 Å². The Kier molecular flexibility index (Phi) is 5.97. The van der Waals surface area contributed by atoms with Crippen LogP contribution in [0.5, 0.6) is 5.75 Å². The van der Waals surface area contributed by atoms with Crippen LogP contribution in [0.3, 0.4) is 0 Å². The molecule has 0 bridgehead atoms. The first-order valence-corrected chi connectivity index (χ1v) is 9.32. The largest absolute Gasteiger partial charge is 0.497 e. The number of methoxy groups -OCH3 is 1. The molecule has 2 aromatic carbocycles. The normalized spacial score (nSPS) is 10.6. The average molecular weight is 386 g/mol. The van der Waals surface area contributed by atoms with E-state index in [1.807, 2.05) is 31.2 Å². The standard InChI is InChI=1S/C19H19N3O4S/c1-13-3-5-14(6-4-13)20-17(23)11-12-27-18-19(24)26-21-22(18)15-7-9-16(25-2)10-8-15/h3-10H,11-12H2,1-2H3,(H-,20,21,23,24)/p+1. The van der Waals surface area contributed by atoms with Crippen molar-refractivity contribution in [3.8, 4) is 11.4 Å². The quantitative estimate of drug-likeness (QED) is 0.481. The summed E-state index contributed by atoms with van der Waals surface area (Å²) in [5, 5.41) is 5.80. The Morgan fingerprint density at radius 2 is 1.89 bits per heavy atom. The highest BCUT2D eigenvalue weighted by molar-refractivity contribution is 7.99. The lowest BCUT2D eigenvalue weighted by atomic mass is 10.2. The van der Waals surface area contributed by atoms with Crippen LogP contribution in [-0.4, -0.2) is 24.0 Å². The van der Waals surface area contributed by atoms with E-state index in [0.29, 0.717) is 16.5 Å². The van der Waals surface area contributed by atoms with Crippen LogP contribution in [0.4, 0.5) is 5.69 Å². The number of amides is 1. The summed E-state index contributed by atoms with van der Waals surface area (Å²) in [4.78, 5) is 24.1. The van der Waals surface area contributed by atoms with Crippen molar-refractivity contribution in [2.45, 2.75) is 18.4 Å². The predicted octanol–water partition coefficient (Wildman–Crippen LogP) is 2.68. The van der Waals surface area contributed by atoms with Gasteiger partial charge in [0.1, 0.15) is 5.75 Å². The molecule has 8 heteroatoms. The van der Waals surface area contributed by atoms with Crippen molar-refractivity contribution in [1.82, 2.24) is 5.27 Å². The maximum absolute atomic E-state index is 12.1. The molecule has 0 fully saturated rings. The number of hydrogen-bond acceptors (Lipinski definition) is 5. The zero-order valence-corrected chi connectivity index (χ0v) is 15.8. The number of ether oxygens (including phenoxy) is 1. The number of carbonyl (C=O) groups excluding carboxylic acids is 1. The molecule has 0 aliphatic heterocycles. The minimum absolute atomic E-state index is 0.109. The van der Waals surface area contributed by atoms with Crippen molar-refractivity contribution in [1.29, 1.82) is 0 Å². The highest BCUT2D eigenvalue weighted by atomic mass is 32.2. The number of aryl methyl sites for hydroxylation is 1. The summed E-state index contributed by atoms with van der Waals surface area (Å²) in [6.07, 6.45) is 0.270. The number of nitrogens with one attached hydrogen (secondary N) is 2. The number of hydrogen-bond donors (Lipinski definition) is 2. The topological polar surface area (TPSA) is 88.2 Å². The van der Waals surface area contributed by atoms with Crippen molar-refractivity contribution < 1.29 is 18.7 Å². The van der Waals surface area contributed by atoms with Crippen molar-refractivity contribution in [2.24, 2.45) is 0 Å². The maximum atomic E-state index is 12.1. The van der Waals surface area contributed by atoms with Crippen LogP contribution in [0.15, 0.2) is 62.9 Å². The van der Waals surface area contributed by atoms with Crippen molar-refractivity contribution in [3.05, 3.63) is 64.5 Å². The summed E-state index contributed by atoms with van der Waals surface area (Å²) >= 11 is 1.26. The molecule has 2 N–H and O–H groups in total. The molecule has 3 aromatic rings. The second-order valence-electron chi connectivity index (χ2n) is 5.83. The Hall–Kier alpha value is -3.00. The zero-order valence-electron chi connectivity index (χ0n) is 15.0. The Balaban J connectivity index is 1.61. The number of aromatic nitrogens is 2. The summed E-state index contributed by atoms with van der Waals surface area (Å²) in [5.74, 6) is 1.05. The Morgan fingerprint density at radius 1 is 1.19 bits per heavy atom. The summed E-state index contributed by atoms with van der Waals surface area (Å²) < 4.78 is 11.6. The first kappa shape index (κ1) is 18.8. The number of rotatable bonds is 7. The number of anilines is 1. The molecule has 0 atom stereocenters. The highest BCUT2D eigenvalue weighted by Gasteiger charge is 2.24. The van der Waals surface area contributed by atoms with E-state index in [1.165, 1.54) is 11.8 Å². The molecule has 1 heterocycles. The number of aromatic amines is 1. The Labute approximate surface area is 160 Å². The van der Waals surface area contributed by atoms with E-state index < -0.39 is 5.63 Å². The first-order valence-electron chi connectivity index (χ1n) is 8.34. The van der Waals surface area contributed by atoms with Crippen molar-refractivity contribution >= 4 is 23.4 Å². The van der Waals surface area contributed by atoms with Crippen LogP contribution >= 0.6 is 11.8 Å². The van der Waals surface area contributed by atoms with Crippen LogP contribution in [0, 0.1) is 6.92 Å². The summed E-state index contributed by atoms with van der Waals surface area (Å²) in [7, 11) is 1.59. The minimum Gasteiger partial charge on any atom is -0.497 e. The van der Waals surface area contributed by atoms with Gasteiger partial charge in [-0.05, 0) is 52.9 Å². The molecule has 0 radical (unpaired) electrons. The monoisotopic (exact) mass is 386 g/mol. The number of nitrogens with zero attached hydrogens (tertiary/aromatic N) is 1. The number of thioether (sulfide) groups is 1. The third-order valence-electron chi connectivity index (χ3n) is 3.84. The van der Waals surface area contributed by atoms with Gasteiger partial charge < -0.3 is 10.1 Å². The third-order valence-corrected chi connectivity index (χ3v) is 4.87. The molecule has 0 aliphatic rings. The van der Waals surface area contributed by atoms with Gasteiger partial charge in [0, 0.05) is 30.0 Å². The van der Waals surface area contributed by atoms with Gasteiger partial charge in [0.2, 0.25) is 11.6 Å². The second kappa shape index (κ2) is 8.59. The maximum Gasteiger partial charge on any atom is 0.442 e. The van der Waals surface area contributed by atoms with Gasteiger partial charge >= 0.3 is 10.7 Å². The lowest BCUT2D eigenvalue weighted by Gasteiger charge is -2.04. The molecule has 3 rings (SSSR count). The van der Waals surface area contributed by atoms with E-state index in [0.717, 1.165) is 16.9 Å². The molecule has 0 saturated carbocycles. The number of H-pyrrole nitrogens is 1. The Morgan fingerprint density at radius 3 is 2.56 bits per heavy atom. The van der Waals surface area contributed by atoms with Gasteiger partial charge in [-0.1, -0.05) is 17.7 Å². The predicted molar refractivity (Wildman–Crippen MR) is 103 cm³/mol. The molecule has 1 aromatic heterocycles. The minimum atomic E-state index is -0.477. The molecule has 0 saturated heterocycles. The molecule has 7 nitrogen and oxygen atoms in total. The van der Waals surface area contributed by atoms with Crippen LogP contribution < -0.4 is 20.4 Å². The smallest absolute Gasteiger partial charge is 0.442 e. The second-order valence-corrected chi connectivity index (χ2v) is 6.92. The van der Waals surface area contributed by atoms with E-state index in [-0.39, 0.29) is 12.3 Å². The van der Waals surface area contributed by atoms with Crippen LogP contribution in [0.1, 0.15) is 12.0 Å². The molecule has 27 heavy (non-hydrogen) atoms. The molecule has 1 amide bonds. The zero-order chi connectivity index (χ0) is 19.2. The molecule has 0 aliphatic carbocycles. The molecule has 0 unspecified atom stereocenters. The van der Waals surface area contributed by atoms with Gasteiger partial charge in [-0.15, -0.1) is 0 Å². The van der Waals surface area contributed by atoms with E-state index in [2.05, 4.69) is 10.6 Å². The van der Waals surface area contributed by atoms with Gasteiger partial charge in [0.05, 0.1) is 7.11 Å². The lowest BCUT2D eigenvalue weighted by molar-refractivity contribution is -0.704. The van der Waals surface area contributed by atoms with Gasteiger partial charge in [0.25, 0.3) is 0 Å². The third kappa shape index (κ3) is 4.79. The number of carbonyl (C=O) groups is 1. The molecular weight excluding hydrogens is 366 g/mol. The van der Waals surface area contributed by atoms with E-state index in [9.17, 15) is 9.59 Å². The van der Waals surface area contributed by atoms with Gasteiger partial charge in [-0.3, -0.25) is 9.32 Å². The van der Waals surface area contributed by atoms with E-state index in [4.69, 9.17) is 9.26 Å². The van der Waals surface area contributed by atoms with E-state index in [1.54, 1.807) is 36.1 Å². The number of benzene rings is 2. The molecule has 0 spiro atoms. The van der Waals surface area contributed by atoms with Gasteiger partial charge in [-0.25, -0.2) is 4.79 Å². The average Bonchev–Trinajstić information content (AvgIpc) is 3.04. The van der Waals surface area contributed by atoms with Crippen molar-refractivity contribution in [3.63, 3.8) is 0 Å². The summed E-state index contributed by atoms with van der Waals surface area (Å²) in [6.45, 7) is 1.99. The summed E-state index contributed by atoms with van der Waals surface area (Å²) in [6, 6.07) is 14.8. The van der Waals surface area contributed by atoms with Crippen molar-refractivity contribution in [2.75, 3.05) is 18.2 Å². The van der Waals surface area contributed by atoms with Crippen LogP contribution in [-0.2, 0) is 4.79 Å².